The summed E-state index contributed by atoms with van der Waals surface area (Å²) < 4.78 is 92.4. The van der Waals surface area contributed by atoms with Gasteiger partial charge in [0.2, 0.25) is 0 Å². The highest BCUT2D eigenvalue weighted by molar-refractivity contribution is 6.12. The van der Waals surface area contributed by atoms with E-state index in [-0.39, 0.29) is 50.1 Å². The smallest absolute Gasteiger partial charge is 0.309 e. The van der Waals surface area contributed by atoms with Crippen molar-refractivity contribution in [2.24, 2.45) is 0 Å². The molecule has 2 heterocycles. The van der Waals surface area contributed by atoms with Crippen LogP contribution in [0.1, 0.15) is 122 Å². The third-order valence-corrected chi connectivity index (χ3v) is 12.6. The lowest BCUT2D eigenvalue weighted by molar-refractivity contribution is -0.143. The highest BCUT2D eigenvalue weighted by Gasteiger charge is 2.38. The summed E-state index contributed by atoms with van der Waals surface area (Å²) in [5.41, 5.74) is 3.59. The molecule has 0 aliphatic carbocycles. The third-order valence-electron chi connectivity index (χ3n) is 12.6. The van der Waals surface area contributed by atoms with E-state index in [0.717, 1.165) is 67.0 Å². The molecule has 0 radical (unpaired) electrons. The maximum Gasteiger partial charge on any atom is 0.416 e. The number of fused-ring (bicyclic) bond motifs is 6. The van der Waals surface area contributed by atoms with Crippen molar-refractivity contribution in [3.05, 3.63) is 142 Å². The van der Waals surface area contributed by atoms with Crippen LogP contribution >= 0.6 is 0 Å². The molecule has 64 heavy (non-hydrogen) atoms. The molecule has 9 heteroatoms. The maximum atomic E-state index is 14.8. The molecular formula is C55H53F6N3. The van der Waals surface area contributed by atoms with Gasteiger partial charge in [-0.1, -0.05) is 126 Å². The Labute approximate surface area is 370 Å². The molecule has 0 bridgehead atoms. The Bertz CT molecular complexity index is 3120. The van der Waals surface area contributed by atoms with Gasteiger partial charge in [0.25, 0.3) is 0 Å². The van der Waals surface area contributed by atoms with Crippen LogP contribution < -0.4 is 0 Å². The Balaban J connectivity index is 1.61. The van der Waals surface area contributed by atoms with Crippen LogP contribution in [0.5, 0.6) is 0 Å². The Morgan fingerprint density at radius 1 is 0.375 bits per heavy atom. The quantitative estimate of drug-likeness (QED) is 0.163. The zero-order valence-electron chi connectivity index (χ0n) is 38.4. The van der Waals surface area contributed by atoms with E-state index in [9.17, 15) is 31.6 Å². The molecule has 0 saturated carbocycles. The summed E-state index contributed by atoms with van der Waals surface area (Å²) in [5.74, 6) is 0. The topological polar surface area (TPSA) is 33.6 Å². The van der Waals surface area contributed by atoms with Crippen LogP contribution in [0.25, 0.3) is 66.1 Å². The van der Waals surface area contributed by atoms with Crippen LogP contribution in [-0.4, -0.2) is 9.13 Å². The van der Waals surface area contributed by atoms with Crippen LogP contribution in [0.2, 0.25) is 0 Å². The summed E-state index contributed by atoms with van der Waals surface area (Å²) in [6.07, 6.45) is -10.2. The van der Waals surface area contributed by atoms with Crippen molar-refractivity contribution in [1.29, 1.82) is 5.26 Å². The predicted molar refractivity (Wildman–Crippen MR) is 250 cm³/mol. The first-order chi connectivity index (χ1) is 29.5. The summed E-state index contributed by atoms with van der Waals surface area (Å²) in [7, 11) is 0. The van der Waals surface area contributed by atoms with Crippen LogP contribution in [0.15, 0.2) is 103 Å². The molecule has 0 aliphatic rings. The number of nitrogens with zero attached hydrogens (tertiary/aromatic N) is 3. The summed E-state index contributed by atoms with van der Waals surface area (Å²) in [6, 6.07) is 32.0. The molecule has 0 unspecified atom stereocenters. The van der Waals surface area contributed by atoms with E-state index in [1.807, 2.05) is 45.5 Å². The number of hydrogen-bond donors (Lipinski definition) is 0. The zero-order valence-corrected chi connectivity index (χ0v) is 38.4. The third kappa shape index (κ3) is 7.73. The molecule has 6 aromatic carbocycles. The molecule has 0 saturated heterocycles. The fourth-order valence-corrected chi connectivity index (χ4v) is 8.80. The Kier molecular flexibility index (Phi) is 10.1. The van der Waals surface area contributed by atoms with Gasteiger partial charge in [0.05, 0.1) is 50.1 Å². The molecule has 0 aliphatic heterocycles. The summed E-state index contributed by atoms with van der Waals surface area (Å²) >= 11 is 0. The van der Waals surface area contributed by atoms with Gasteiger partial charge in [0, 0.05) is 27.1 Å². The average Bonchev–Trinajstić information content (AvgIpc) is 3.69. The Morgan fingerprint density at radius 3 is 1.14 bits per heavy atom. The van der Waals surface area contributed by atoms with E-state index in [1.165, 1.54) is 0 Å². The first-order valence-electron chi connectivity index (χ1n) is 21.5. The minimum Gasteiger partial charge on any atom is -0.309 e. The average molecular weight is 870 g/mol. The van der Waals surface area contributed by atoms with Gasteiger partial charge in [0.1, 0.15) is 6.07 Å². The van der Waals surface area contributed by atoms with Crippen molar-refractivity contribution in [3.63, 3.8) is 0 Å². The van der Waals surface area contributed by atoms with Gasteiger partial charge in [-0.25, -0.2) is 0 Å². The first kappa shape index (κ1) is 44.6. The van der Waals surface area contributed by atoms with Crippen molar-refractivity contribution < 1.29 is 26.3 Å². The highest BCUT2D eigenvalue weighted by atomic mass is 19.4. The SMILES string of the molecule is CC(C)(C)c1ccc2c(c1)c1ccc(C(C)(C)C)cc1n2-c1cc(-c2cc(C(F)(F)F)cc(C(F)(F)F)c2)c(-n2c3cc(C(C)(C)C)ccc3c3ccc(C(C)(C)C)cc32)cc1C#N. The van der Waals surface area contributed by atoms with Crippen molar-refractivity contribution >= 4 is 43.6 Å². The van der Waals surface area contributed by atoms with Crippen molar-refractivity contribution in [2.45, 2.75) is 117 Å². The van der Waals surface area contributed by atoms with Gasteiger partial charge in [0.15, 0.2) is 0 Å². The monoisotopic (exact) mass is 869 g/mol. The largest absolute Gasteiger partial charge is 0.416 e. The second-order valence-corrected chi connectivity index (χ2v) is 21.4. The van der Waals surface area contributed by atoms with Crippen LogP contribution in [0.4, 0.5) is 26.3 Å². The van der Waals surface area contributed by atoms with E-state index in [0.29, 0.717) is 16.7 Å². The minimum absolute atomic E-state index is 0.0972. The zero-order chi connectivity index (χ0) is 46.9. The molecule has 0 N–H and O–H groups in total. The van der Waals surface area contributed by atoms with E-state index < -0.39 is 23.5 Å². The van der Waals surface area contributed by atoms with Gasteiger partial charge < -0.3 is 9.13 Å². The van der Waals surface area contributed by atoms with Gasteiger partial charge >= 0.3 is 12.4 Å². The Hall–Kier alpha value is -6.01. The lowest BCUT2D eigenvalue weighted by Crippen LogP contribution is -2.12. The van der Waals surface area contributed by atoms with Crippen LogP contribution in [0, 0.1) is 11.3 Å². The summed E-state index contributed by atoms with van der Waals surface area (Å²) in [6.45, 7) is 25.1. The van der Waals surface area contributed by atoms with Gasteiger partial charge in [-0.15, -0.1) is 0 Å². The van der Waals surface area contributed by atoms with Crippen LogP contribution in [-0.2, 0) is 34.0 Å². The standard InChI is InChI=1S/C55H53F6N3/c1-50(2,3)33-16-20-44-43(25-33)41-19-15-36(53(10,11)12)28-49(41)63(44)45-29-42(31-21-37(54(56,57)58)24-38(22-31)55(59,60)61)46(23-32(45)30-62)64-47-26-34(51(4,5)6)13-17-39(47)40-18-14-35(27-48(40)64)52(7,8)9/h13-29H,1-12H3. The number of nitriles is 1. The summed E-state index contributed by atoms with van der Waals surface area (Å²) in [4.78, 5) is 0. The molecule has 0 fully saturated rings. The fourth-order valence-electron chi connectivity index (χ4n) is 8.80. The minimum atomic E-state index is -5.09. The van der Waals surface area contributed by atoms with Crippen LogP contribution in [0.3, 0.4) is 0 Å². The first-order valence-corrected chi connectivity index (χ1v) is 21.5. The lowest BCUT2D eigenvalue weighted by atomic mass is 9.85. The molecule has 8 rings (SSSR count). The number of hydrogen-bond acceptors (Lipinski definition) is 1. The molecule has 0 atom stereocenters. The normalized spacial score (nSPS) is 13.5. The summed E-state index contributed by atoms with van der Waals surface area (Å²) in [5, 5.41) is 14.7. The van der Waals surface area contributed by atoms with E-state index in [4.69, 9.17) is 0 Å². The molecule has 3 nitrogen and oxygen atoms in total. The van der Waals surface area contributed by atoms with E-state index in [1.54, 1.807) is 12.1 Å². The molecule has 8 aromatic rings. The number of alkyl halides is 6. The number of rotatable bonds is 3. The van der Waals surface area contributed by atoms with Gasteiger partial charge in [-0.3, -0.25) is 0 Å². The highest BCUT2D eigenvalue weighted by Crippen LogP contribution is 2.46. The van der Waals surface area contributed by atoms with E-state index in [2.05, 4.69) is 126 Å². The van der Waals surface area contributed by atoms with Crippen molar-refractivity contribution in [2.75, 3.05) is 0 Å². The molecule has 0 spiro atoms. The predicted octanol–water partition coefficient (Wildman–Crippen LogP) is 16.6. The second-order valence-electron chi connectivity index (χ2n) is 21.4. The fraction of sp³-hybridized carbons (Fsp3) is 0.327. The molecular weight excluding hydrogens is 817 g/mol. The maximum absolute atomic E-state index is 14.8. The van der Waals surface area contributed by atoms with Gasteiger partial charge in [-0.05, 0) is 110 Å². The molecule has 330 valence electrons. The van der Waals surface area contributed by atoms with Crippen molar-refractivity contribution in [3.8, 4) is 28.6 Å². The Morgan fingerprint density at radius 2 is 0.750 bits per heavy atom. The number of aromatic nitrogens is 2. The number of halogens is 6. The number of benzene rings is 6. The van der Waals surface area contributed by atoms with E-state index >= 15 is 0 Å². The second kappa shape index (κ2) is 14.5. The van der Waals surface area contributed by atoms with Gasteiger partial charge in [-0.2, -0.15) is 31.6 Å². The van der Waals surface area contributed by atoms with Crippen molar-refractivity contribution in [1.82, 2.24) is 9.13 Å². The molecule has 0 amide bonds. The lowest BCUT2D eigenvalue weighted by Gasteiger charge is -2.23. The molecule has 2 aromatic heterocycles.